The smallest absolute Gasteiger partial charge is 0.115 e. The number of aliphatic hydroxyl groups excluding tert-OH is 1. The maximum absolute atomic E-state index is 10.1. The molecule has 1 fully saturated rings. The molecule has 1 aliphatic heterocycles. The van der Waals surface area contributed by atoms with Crippen LogP contribution in [-0.2, 0) is 15.9 Å². The number of rotatable bonds is 5. The van der Waals surface area contributed by atoms with Gasteiger partial charge in [0.05, 0.1) is 24.9 Å². The summed E-state index contributed by atoms with van der Waals surface area (Å²) in [5, 5.41) is 20.2. The van der Waals surface area contributed by atoms with E-state index in [-0.39, 0.29) is 18.0 Å². The molecule has 5 heteroatoms. The first-order valence-electron chi connectivity index (χ1n) is 8.44. The molecule has 2 aromatic rings. The van der Waals surface area contributed by atoms with Gasteiger partial charge in [-0.15, -0.1) is 0 Å². The van der Waals surface area contributed by atoms with Crippen molar-refractivity contribution in [1.82, 2.24) is 0 Å². The van der Waals surface area contributed by atoms with Gasteiger partial charge in [0.15, 0.2) is 0 Å². The van der Waals surface area contributed by atoms with Crippen LogP contribution in [0.15, 0.2) is 42.5 Å². The summed E-state index contributed by atoms with van der Waals surface area (Å²) in [6, 6.07) is 13.0. The second kappa shape index (κ2) is 8.19. The Hall–Kier alpha value is -1.59. The van der Waals surface area contributed by atoms with Gasteiger partial charge in [-0.05, 0) is 41.3 Å². The highest BCUT2D eigenvalue weighted by atomic mass is 35.5. The Bertz CT molecular complexity index is 701. The van der Waals surface area contributed by atoms with Gasteiger partial charge in [-0.3, -0.25) is 0 Å². The molecule has 134 valence electrons. The summed E-state index contributed by atoms with van der Waals surface area (Å²) in [4.78, 5) is 0. The molecule has 3 atom stereocenters. The third-order valence-electron chi connectivity index (χ3n) is 4.50. The highest BCUT2D eigenvalue weighted by Gasteiger charge is 2.29. The number of aromatic hydroxyl groups is 1. The predicted molar refractivity (Wildman–Crippen MR) is 97.1 cm³/mol. The summed E-state index contributed by atoms with van der Waals surface area (Å²) in [6.07, 6.45) is 1.17. The maximum Gasteiger partial charge on any atom is 0.115 e. The van der Waals surface area contributed by atoms with Crippen LogP contribution in [-0.4, -0.2) is 36.1 Å². The van der Waals surface area contributed by atoms with E-state index in [9.17, 15) is 10.2 Å². The lowest BCUT2D eigenvalue weighted by molar-refractivity contribution is -0.118. The third kappa shape index (κ3) is 4.73. The highest BCUT2D eigenvalue weighted by molar-refractivity contribution is 6.31. The first kappa shape index (κ1) is 18.2. The first-order chi connectivity index (χ1) is 12.0. The van der Waals surface area contributed by atoms with Gasteiger partial charge in [0.1, 0.15) is 5.75 Å². The molecular formula is C20H23ClO4. The fourth-order valence-corrected chi connectivity index (χ4v) is 3.45. The third-order valence-corrected chi connectivity index (χ3v) is 4.87. The Morgan fingerprint density at radius 3 is 2.64 bits per heavy atom. The number of hydrogen-bond acceptors (Lipinski definition) is 4. The number of hydrogen-bond donors (Lipinski definition) is 2. The van der Waals surface area contributed by atoms with Gasteiger partial charge in [-0.1, -0.05) is 35.9 Å². The van der Waals surface area contributed by atoms with Crippen molar-refractivity contribution in [3.8, 4) is 5.75 Å². The Morgan fingerprint density at radius 1 is 1.16 bits per heavy atom. The second-order valence-corrected chi connectivity index (χ2v) is 6.93. The molecule has 0 bridgehead atoms. The van der Waals surface area contributed by atoms with E-state index in [2.05, 4.69) is 0 Å². The number of ether oxygens (including phenoxy) is 2. The largest absolute Gasteiger partial charge is 0.508 e. The molecule has 3 unspecified atom stereocenters. The molecule has 2 N–H and O–H groups in total. The molecule has 0 aliphatic carbocycles. The van der Waals surface area contributed by atoms with Gasteiger partial charge in [0.2, 0.25) is 0 Å². The molecule has 1 heterocycles. The van der Waals surface area contributed by atoms with E-state index in [0.29, 0.717) is 30.9 Å². The molecule has 1 saturated heterocycles. The van der Waals surface area contributed by atoms with E-state index >= 15 is 0 Å². The zero-order valence-electron chi connectivity index (χ0n) is 14.2. The Morgan fingerprint density at radius 2 is 1.92 bits per heavy atom. The molecule has 0 radical (unpaired) electrons. The number of aliphatic hydroxyl groups is 1. The quantitative estimate of drug-likeness (QED) is 0.847. The van der Waals surface area contributed by atoms with Gasteiger partial charge < -0.3 is 19.7 Å². The van der Waals surface area contributed by atoms with Crippen molar-refractivity contribution < 1.29 is 19.7 Å². The van der Waals surface area contributed by atoms with Crippen LogP contribution < -0.4 is 0 Å². The molecule has 4 nitrogen and oxygen atoms in total. The van der Waals surface area contributed by atoms with Crippen molar-refractivity contribution in [2.75, 3.05) is 13.7 Å². The lowest BCUT2D eigenvalue weighted by atomic mass is 9.94. The summed E-state index contributed by atoms with van der Waals surface area (Å²) in [5.41, 5.74) is 3.08. The molecule has 2 aromatic carbocycles. The van der Waals surface area contributed by atoms with Crippen LogP contribution in [0.3, 0.4) is 0 Å². The monoisotopic (exact) mass is 362 g/mol. The van der Waals surface area contributed by atoms with Gasteiger partial charge >= 0.3 is 0 Å². The van der Waals surface area contributed by atoms with E-state index in [4.69, 9.17) is 21.1 Å². The minimum absolute atomic E-state index is 0.102. The number of benzene rings is 2. The van der Waals surface area contributed by atoms with Crippen molar-refractivity contribution in [1.29, 1.82) is 0 Å². The van der Waals surface area contributed by atoms with E-state index in [1.54, 1.807) is 19.2 Å². The molecule has 0 spiro atoms. The lowest BCUT2D eigenvalue weighted by Gasteiger charge is -2.33. The molecule has 3 rings (SSSR count). The Labute approximate surface area is 153 Å². The molecule has 25 heavy (non-hydrogen) atoms. The van der Waals surface area contributed by atoms with Crippen molar-refractivity contribution in [3.05, 3.63) is 64.2 Å². The average molecular weight is 363 g/mol. The molecular weight excluding hydrogens is 340 g/mol. The Balaban J connectivity index is 1.79. The van der Waals surface area contributed by atoms with E-state index < -0.39 is 6.10 Å². The lowest BCUT2D eigenvalue weighted by Crippen LogP contribution is -2.34. The zero-order chi connectivity index (χ0) is 17.8. The summed E-state index contributed by atoms with van der Waals surface area (Å²) in [7, 11) is 1.64. The average Bonchev–Trinajstić information content (AvgIpc) is 2.58. The van der Waals surface area contributed by atoms with Crippen LogP contribution in [0.2, 0.25) is 5.02 Å². The van der Waals surface area contributed by atoms with Crippen molar-refractivity contribution in [3.63, 3.8) is 0 Å². The van der Waals surface area contributed by atoms with Gasteiger partial charge in [0, 0.05) is 25.0 Å². The zero-order valence-corrected chi connectivity index (χ0v) is 14.9. The van der Waals surface area contributed by atoms with Gasteiger partial charge in [-0.25, -0.2) is 0 Å². The highest BCUT2D eigenvalue weighted by Crippen LogP contribution is 2.34. The van der Waals surface area contributed by atoms with Crippen LogP contribution in [0.4, 0.5) is 0 Å². The van der Waals surface area contributed by atoms with E-state index in [1.807, 2.05) is 30.3 Å². The van der Waals surface area contributed by atoms with Crippen LogP contribution >= 0.6 is 11.6 Å². The number of phenolic OH excluding ortho intramolecular Hbond substituents is 1. The van der Waals surface area contributed by atoms with Crippen LogP contribution in [0.5, 0.6) is 5.75 Å². The van der Waals surface area contributed by atoms with E-state index in [0.717, 1.165) is 16.7 Å². The number of methoxy groups -OCH3 is 1. The molecule has 0 aromatic heterocycles. The molecule has 1 aliphatic rings. The number of phenols is 1. The fraction of sp³-hybridized carbons (Fsp3) is 0.400. The minimum Gasteiger partial charge on any atom is -0.508 e. The normalized spacial score (nSPS) is 23.6. The van der Waals surface area contributed by atoms with Crippen LogP contribution in [0.25, 0.3) is 0 Å². The van der Waals surface area contributed by atoms with Crippen LogP contribution in [0.1, 0.15) is 35.6 Å². The van der Waals surface area contributed by atoms with Gasteiger partial charge in [-0.2, -0.15) is 0 Å². The molecule has 0 amide bonds. The minimum atomic E-state index is -0.393. The van der Waals surface area contributed by atoms with Crippen molar-refractivity contribution in [2.45, 2.75) is 37.6 Å². The van der Waals surface area contributed by atoms with Crippen molar-refractivity contribution in [2.24, 2.45) is 0 Å². The standard InChI is InChI=1S/C20H23ClO4/c1-24-12-18-10-17(23)11-20(25-18)14-4-7-19(21)15(9-14)8-13-2-5-16(22)6-3-13/h2-7,9,17-18,20,22-23H,8,10-12H2,1H3. The summed E-state index contributed by atoms with van der Waals surface area (Å²) < 4.78 is 11.3. The predicted octanol–water partition coefficient (Wildman–Crippen LogP) is 3.86. The molecule has 0 saturated carbocycles. The van der Waals surface area contributed by atoms with Crippen molar-refractivity contribution >= 4 is 11.6 Å². The maximum atomic E-state index is 10.1. The number of halogens is 1. The van der Waals surface area contributed by atoms with E-state index in [1.165, 1.54) is 0 Å². The summed E-state index contributed by atoms with van der Waals surface area (Å²) in [6.45, 7) is 0.474. The van der Waals surface area contributed by atoms with Crippen LogP contribution in [0, 0.1) is 0 Å². The Kier molecular flexibility index (Phi) is 5.97. The summed E-state index contributed by atoms with van der Waals surface area (Å²) >= 11 is 6.36. The fourth-order valence-electron chi connectivity index (χ4n) is 3.26. The van der Waals surface area contributed by atoms with Gasteiger partial charge in [0.25, 0.3) is 0 Å². The topological polar surface area (TPSA) is 58.9 Å². The SMILES string of the molecule is COCC1CC(O)CC(c2ccc(Cl)c(Cc3ccc(O)cc3)c2)O1. The summed E-state index contributed by atoms with van der Waals surface area (Å²) in [5.74, 6) is 0.248. The second-order valence-electron chi connectivity index (χ2n) is 6.52. The first-order valence-corrected chi connectivity index (χ1v) is 8.81.